The summed E-state index contributed by atoms with van der Waals surface area (Å²) in [4.78, 5) is 29.9. The summed E-state index contributed by atoms with van der Waals surface area (Å²) in [6, 6.07) is -0.343. The summed E-state index contributed by atoms with van der Waals surface area (Å²) >= 11 is 3.30. The zero-order valence-electron chi connectivity index (χ0n) is 11.9. The third-order valence-electron chi connectivity index (χ3n) is 4.12. The van der Waals surface area contributed by atoms with E-state index in [1.54, 1.807) is 24.2 Å². The van der Waals surface area contributed by atoms with Crippen LogP contribution in [0.3, 0.4) is 0 Å². The van der Waals surface area contributed by atoms with Gasteiger partial charge in [0.2, 0.25) is 0 Å². The maximum atomic E-state index is 12.8. The van der Waals surface area contributed by atoms with Gasteiger partial charge in [0.05, 0.1) is 16.6 Å². The third kappa shape index (κ3) is 2.47. The van der Waals surface area contributed by atoms with Gasteiger partial charge in [-0.15, -0.1) is 0 Å². The summed E-state index contributed by atoms with van der Waals surface area (Å²) in [5.74, 6) is -1.60. The summed E-state index contributed by atoms with van der Waals surface area (Å²) in [7, 11) is 0. The predicted octanol–water partition coefficient (Wildman–Crippen LogP) is 1.82. The Balaban J connectivity index is 1.93. The lowest BCUT2D eigenvalue weighted by Gasteiger charge is -2.37. The van der Waals surface area contributed by atoms with Crippen molar-refractivity contribution in [1.82, 2.24) is 19.5 Å². The van der Waals surface area contributed by atoms with Crippen molar-refractivity contribution in [3.05, 3.63) is 28.6 Å². The fraction of sp³-hybridized carbons (Fsp3) is 0.429. The van der Waals surface area contributed by atoms with Gasteiger partial charge < -0.3 is 10.0 Å². The Bertz CT molecular complexity index is 745. The quantitative estimate of drug-likeness (QED) is 0.875. The van der Waals surface area contributed by atoms with Crippen LogP contribution < -0.4 is 0 Å². The molecular weight excluding hydrogens is 352 g/mol. The van der Waals surface area contributed by atoms with Crippen molar-refractivity contribution in [2.24, 2.45) is 5.92 Å². The van der Waals surface area contributed by atoms with Crippen molar-refractivity contribution in [3.63, 3.8) is 0 Å². The molecule has 7 nitrogen and oxygen atoms in total. The number of likely N-dealkylation sites (tertiary alicyclic amines) is 1. The Kier molecular flexibility index (Phi) is 3.86. The van der Waals surface area contributed by atoms with Gasteiger partial charge in [-0.2, -0.15) is 5.10 Å². The number of fused-ring (bicyclic) bond motifs is 1. The van der Waals surface area contributed by atoms with Crippen LogP contribution in [0, 0.1) is 5.92 Å². The van der Waals surface area contributed by atoms with Crippen molar-refractivity contribution >= 4 is 33.5 Å². The van der Waals surface area contributed by atoms with Gasteiger partial charge in [-0.05, 0) is 35.7 Å². The number of carboxylic acids is 1. The van der Waals surface area contributed by atoms with Crippen molar-refractivity contribution in [3.8, 4) is 0 Å². The molecule has 2 aromatic heterocycles. The number of aliphatic carboxylic acids is 1. The monoisotopic (exact) mass is 366 g/mol. The molecule has 1 amide bonds. The van der Waals surface area contributed by atoms with Crippen LogP contribution in [-0.2, 0) is 4.79 Å². The van der Waals surface area contributed by atoms with Gasteiger partial charge in [0.15, 0.2) is 5.65 Å². The Morgan fingerprint density at radius 3 is 2.91 bits per heavy atom. The first-order valence-electron chi connectivity index (χ1n) is 7.01. The molecule has 0 radical (unpaired) electrons. The number of hydrogen-bond donors (Lipinski definition) is 1. The van der Waals surface area contributed by atoms with E-state index < -0.39 is 11.9 Å². The summed E-state index contributed by atoms with van der Waals surface area (Å²) in [5, 5.41) is 13.4. The minimum Gasteiger partial charge on any atom is -0.481 e. The lowest BCUT2D eigenvalue weighted by atomic mass is 9.90. The number of rotatable bonds is 2. The maximum Gasteiger partial charge on any atom is 0.308 e. The van der Waals surface area contributed by atoms with Crippen molar-refractivity contribution in [2.75, 3.05) is 6.54 Å². The molecule has 2 aromatic rings. The van der Waals surface area contributed by atoms with Crippen molar-refractivity contribution in [2.45, 2.75) is 25.8 Å². The molecule has 1 N–H and O–H groups in total. The Morgan fingerprint density at radius 2 is 2.18 bits per heavy atom. The Hall–Kier alpha value is -1.96. The molecule has 0 bridgehead atoms. The second-order valence-corrected chi connectivity index (χ2v) is 6.34. The van der Waals surface area contributed by atoms with Gasteiger partial charge in [0.25, 0.3) is 5.91 Å². The number of halogens is 1. The summed E-state index contributed by atoms with van der Waals surface area (Å²) in [6.45, 7) is 2.34. The van der Waals surface area contributed by atoms with Gasteiger partial charge >= 0.3 is 5.97 Å². The smallest absolute Gasteiger partial charge is 0.308 e. The van der Waals surface area contributed by atoms with Gasteiger partial charge in [-0.1, -0.05) is 0 Å². The van der Waals surface area contributed by atoms with E-state index in [1.165, 1.54) is 10.7 Å². The topological polar surface area (TPSA) is 87.8 Å². The lowest BCUT2D eigenvalue weighted by molar-refractivity contribution is -0.144. The van der Waals surface area contributed by atoms with Crippen LogP contribution in [0.25, 0.3) is 5.65 Å². The van der Waals surface area contributed by atoms with E-state index in [-0.39, 0.29) is 11.9 Å². The number of carbonyl (C=O) groups excluding carboxylic acids is 1. The van der Waals surface area contributed by atoms with Crippen molar-refractivity contribution < 1.29 is 14.7 Å². The molecule has 0 saturated carbocycles. The first-order chi connectivity index (χ1) is 10.5. The standard InChI is InChI=1S/C14H15BrN4O3/c1-8-10(14(21)22)3-2-4-18(8)13(20)11-6-17-19-7-9(15)5-16-12(11)19/h5-8,10H,2-4H2,1H3,(H,21,22)/t8-,10-/m1/s1. The van der Waals surface area contributed by atoms with E-state index in [0.29, 0.717) is 30.6 Å². The average Bonchev–Trinajstić information content (AvgIpc) is 2.89. The van der Waals surface area contributed by atoms with E-state index in [0.717, 1.165) is 4.47 Å². The summed E-state index contributed by atoms with van der Waals surface area (Å²) in [6.07, 6.45) is 6.09. The van der Waals surface area contributed by atoms with Gasteiger partial charge in [-0.25, -0.2) is 9.50 Å². The van der Waals surface area contributed by atoms with Gasteiger partial charge in [-0.3, -0.25) is 9.59 Å². The molecule has 1 aliphatic heterocycles. The minimum absolute atomic E-state index is 0.219. The molecule has 1 aliphatic rings. The normalized spacial score (nSPS) is 22.0. The molecule has 3 heterocycles. The highest BCUT2D eigenvalue weighted by Crippen LogP contribution is 2.26. The molecule has 8 heteroatoms. The van der Waals surface area contributed by atoms with Gasteiger partial charge in [0.1, 0.15) is 5.56 Å². The number of carboxylic acid groups (broad SMARTS) is 1. The van der Waals surface area contributed by atoms with Crippen LogP contribution in [0.5, 0.6) is 0 Å². The molecule has 116 valence electrons. The van der Waals surface area contributed by atoms with Crippen LogP contribution in [0.15, 0.2) is 23.1 Å². The first-order valence-corrected chi connectivity index (χ1v) is 7.81. The van der Waals surface area contributed by atoms with E-state index in [9.17, 15) is 14.7 Å². The van der Waals surface area contributed by atoms with E-state index in [1.807, 2.05) is 0 Å². The zero-order valence-corrected chi connectivity index (χ0v) is 13.5. The average molecular weight is 367 g/mol. The highest BCUT2D eigenvalue weighted by molar-refractivity contribution is 9.10. The van der Waals surface area contributed by atoms with Crippen LogP contribution in [0.2, 0.25) is 0 Å². The number of piperidine rings is 1. The predicted molar refractivity (Wildman–Crippen MR) is 81.5 cm³/mol. The molecule has 22 heavy (non-hydrogen) atoms. The second-order valence-electron chi connectivity index (χ2n) is 5.42. The fourth-order valence-electron chi connectivity index (χ4n) is 2.92. The number of nitrogens with zero attached hydrogens (tertiary/aromatic N) is 4. The number of aromatic nitrogens is 3. The Morgan fingerprint density at radius 1 is 1.41 bits per heavy atom. The van der Waals surface area contributed by atoms with Crippen LogP contribution >= 0.6 is 15.9 Å². The molecule has 1 saturated heterocycles. The number of carbonyl (C=O) groups is 2. The fourth-order valence-corrected chi connectivity index (χ4v) is 3.21. The van der Waals surface area contributed by atoms with Crippen LogP contribution in [-0.4, -0.2) is 49.1 Å². The summed E-state index contributed by atoms with van der Waals surface area (Å²) < 4.78 is 2.29. The second kappa shape index (κ2) is 5.68. The van der Waals surface area contributed by atoms with E-state index >= 15 is 0 Å². The maximum absolute atomic E-state index is 12.8. The largest absolute Gasteiger partial charge is 0.481 e. The van der Waals surface area contributed by atoms with Crippen molar-refractivity contribution in [1.29, 1.82) is 0 Å². The molecule has 0 spiro atoms. The molecular formula is C14H15BrN4O3. The third-order valence-corrected chi connectivity index (χ3v) is 4.53. The number of hydrogen-bond acceptors (Lipinski definition) is 4. The molecule has 0 aliphatic carbocycles. The van der Waals surface area contributed by atoms with Crippen LogP contribution in [0.1, 0.15) is 30.1 Å². The molecule has 2 atom stereocenters. The van der Waals surface area contributed by atoms with Gasteiger partial charge in [0, 0.05) is 25.0 Å². The molecule has 0 unspecified atom stereocenters. The summed E-state index contributed by atoms with van der Waals surface area (Å²) in [5.41, 5.74) is 0.864. The minimum atomic E-state index is -0.855. The highest BCUT2D eigenvalue weighted by atomic mass is 79.9. The zero-order chi connectivity index (χ0) is 15.9. The SMILES string of the molecule is C[C@@H]1[C@H](C(=O)O)CCCN1C(=O)c1cnn2cc(Br)cnc12. The Labute approximate surface area is 135 Å². The van der Waals surface area contributed by atoms with E-state index in [2.05, 4.69) is 26.0 Å². The highest BCUT2D eigenvalue weighted by Gasteiger charge is 2.36. The molecule has 0 aromatic carbocycles. The van der Waals surface area contributed by atoms with Crippen LogP contribution in [0.4, 0.5) is 0 Å². The first kappa shape index (κ1) is 15.0. The lowest BCUT2D eigenvalue weighted by Crippen LogP contribution is -2.49. The molecule has 3 rings (SSSR count). The number of amides is 1. The van der Waals surface area contributed by atoms with E-state index in [4.69, 9.17) is 0 Å². The molecule has 1 fully saturated rings.